The predicted octanol–water partition coefficient (Wildman–Crippen LogP) is 4.55. The van der Waals surface area contributed by atoms with Crippen molar-refractivity contribution in [1.82, 2.24) is 10.3 Å². The number of fused-ring (bicyclic) bond motifs is 1. The number of aromatic nitrogens is 1. The maximum absolute atomic E-state index is 12.6. The summed E-state index contributed by atoms with van der Waals surface area (Å²) in [7, 11) is 0. The number of benzene rings is 2. The molecule has 0 fully saturated rings. The number of hydrogen-bond acceptors (Lipinski definition) is 5. The van der Waals surface area contributed by atoms with Gasteiger partial charge in [-0.25, -0.2) is 9.78 Å². The number of carbonyl (C=O) groups excluding carboxylic acids is 2. The number of hydrogen-bond donors (Lipinski definition) is 1. The molecule has 0 saturated carbocycles. The summed E-state index contributed by atoms with van der Waals surface area (Å²) >= 11 is 1.37. The Balaban J connectivity index is 1.38. The van der Waals surface area contributed by atoms with Gasteiger partial charge in [-0.05, 0) is 37.3 Å². The second kappa shape index (κ2) is 8.57. The molecule has 6 heteroatoms. The maximum atomic E-state index is 12.6. The van der Waals surface area contributed by atoms with E-state index in [1.807, 2.05) is 42.5 Å². The molecule has 1 aliphatic rings. The number of amides is 1. The molecule has 1 N–H and O–H groups in total. The van der Waals surface area contributed by atoms with Crippen molar-refractivity contribution in [2.45, 2.75) is 38.3 Å². The molecule has 2 aromatic carbocycles. The number of nitrogens with one attached hydrogen (secondary N) is 1. The van der Waals surface area contributed by atoms with Gasteiger partial charge in [0.25, 0.3) is 5.91 Å². The second-order valence-corrected chi connectivity index (χ2v) is 7.96. The average Bonchev–Trinajstić information content (AvgIpc) is 3.25. The molecular formula is C23H22N2O3S. The van der Waals surface area contributed by atoms with Crippen molar-refractivity contribution >= 4 is 23.2 Å². The number of thiazole rings is 1. The average molecular weight is 407 g/mol. The van der Waals surface area contributed by atoms with Crippen LogP contribution in [-0.2, 0) is 16.0 Å². The van der Waals surface area contributed by atoms with Crippen LogP contribution in [0.3, 0.4) is 0 Å². The van der Waals surface area contributed by atoms with E-state index in [4.69, 9.17) is 4.74 Å². The third-order valence-electron chi connectivity index (χ3n) is 5.07. The lowest BCUT2D eigenvalue weighted by atomic mass is 9.87. The molecule has 1 heterocycles. The number of aryl methyl sites for hydroxylation is 1. The molecule has 0 radical (unpaired) electrons. The Morgan fingerprint density at radius 2 is 1.90 bits per heavy atom. The van der Waals surface area contributed by atoms with Crippen LogP contribution in [0.2, 0.25) is 0 Å². The van der Waals surface area contributed by atoms with Gasteiger partial charge in [0.05, 0.1) is 6.04 Å². The molecule has 5 nitrogen and oxygen atoms in total. The van der Waals surface area contributed by atoms with E-state index in [0.717, 1.165) is 35.4 Å². The molecule has 0 saturated heterocycles. The zero-order valence-corrected chi connectivity index (χ0v) is 16.9. The van der Waals surface area contributed by atoms with E-state index < -0.39 is 12.1 Å². The van der Waals surface area contributed by atoms with Gasteiger partial charge in [0.2, 0.25) is 0 Å². The standard InChI is InChI=1S/C23H22N2O3S/c1-15(21(26)24-19-13-7-11-16-8-5-6-12-18(16)19)28-23(27)20-14-29-22(25-20)17-9-3-2-4-10-17/h2-6,8-10,12,14-15,19H,7,11,13H2,1H3,(H,24,26)/t15-,19-/m0/s1. The normalized spacial score (nSPS) is 16.5. The number of esters is 1. The molecule has 2 atom stereocenters. The van der Waals surface area contributed by atoms with Gasteiger partial charge in [0.1, 0.15) is 5.01 Å². The molecule has 1 aromatic heterocycles. The van der Waals surface area contributed by atoms with E-state index >= 15 is 0 Å². The van der Waals surface area contributed by atoms with Crippen molar-refractivity contribution in [2.24, 2.45) is 0 Å². The predicted molar refractivity (Wildman–Crippen MR) is 113 cm³/mol. The summed E-state index contributed by atoms with van der Waals surface area (Å²) < 4.78 is 5.37. The van der Waals surface area contributed by atoms with Gasteiger partial charge >= 0.3 is 5.97 Å². The minimum atomic E-state index is -0.890. The van der Waals surface area contributed by atoms with Crippen molar-refractivity contribution in [1.29, 1.82) is 0 Å². The first-order chi connectivity index (χ1) is 14.1. The van der Waals surface area contributed by atoms with Crippen LogP contribution in [0.5, 0.6) is 0 Å². The number of rotatable bonds is 5. The van der Waals surface area contributed by atoms with Crippen molar-refractivity contribution in [3.63, 3.8) is 0 Å². The fourth-order valence-electron chi connectivity index (χ4n) is 3.55. The third kappa shape index (κ3) is 4.38. The first-order valence-electron chi connectivity index (χ1n) is 9.72. The van der Waals surface area contributed by atoms with Crippen LogP contribution in [0, 0.1) is 0 Å². The molecule has 0 aliphatic heterocycles. The highest BCUT2D eigenvalue weighted by Crippen LogP contribution is 2.29. The molecule has 0 spiro atoms. The van der Waals surface area contributed by atoms with Crippen LogP contribution in [0.25, 0.3) is 10.6 Å². The summed E-state index contributed by atoms with van der Waals surface area (Å²) in [5.74, 6) is -0.881. The van der Waals surface area contributed by atoms with E-state index in [9.17, 15) is 9.59 Å². The van der Waals surface area contributed by atoms with Gasteiger partial charge in [0, 0.05) is 10.9 Å². The monoisotopic (exact) mass is 406 g/mol. The van der Waals surface area contributed by atoms with Gasteiger partial charge in [-0.1, -0.05) is 54.6 Å². The quantitative estimate of drug-likeness (QED) is 0.631. The van der Waals surface area contributed by atoms with Crippen LogP contribution in [0.4, 0.5) is 0 Å². The topological polar surface area (TPSA) is 68.3 Å². The largest absolute Gasteiger partial charge is 0.448 e. The van der Waals surface area contributed by atoms with Gasteiger partial charge in [0.15, 0.2) is 11.8 Å². The van der Waals surface area contributed by atoms with Gasteiger partial charge < -0.3 is 10.1 Å². The number of nitrogens with zero attached hydrogens (tertiary/aromatic N) is 1. The Bertz CT molecular complexity index is 1020. The molecule has 0 bridgehead atoms. The molecule has 1 aliphatic carbocycles. The summed E-state index contributed by atoms with van der Waals surface area (Å²) in [5.41, 5.74) is 3.58. The van der Waals surface area contributed by atoms with Crippen molar-refractivity contribution < 1.29 is 14.3 Å². The SMILES string of the molecule is C[C@H](OC(=O)c1csc(-c2ccccc2)n1)C(=O)N[C@H]1CCCc2ccccc21. The molecule has 148 valence electrons. The molecular weight excluding hydrogens is 384 g/mol. The van der Waals surface area contributed by atoms with Gasteiger partial charge in [-0.3, -0.25) is 4.79 Å². The van der Waals surface area contributed by atoms with Crippen LogP contribution < -0.4 is 5.32 Å². The summed E-state index contributed by atoms with van der Waals surface area (Å²) in [6, 6.07) is 17.8. The smallest absolute Gasteiger partial charge is 0.358 e. The van der Waals surface area contributed by atoms with E-state index in [2.05, 4.69) is 22.4 Å². The Kier molecular flexibility index (Phi) is 5.71. The minimum absolute atomic E-state index is 0.0439. The van der Waals surface area contributed by atoms with Crippen LogP contribution >= 0.6 is 11.3 Å². The fourth-order valence-corrected chi connectivity index (χ4v) is 4.34. The number of ether oxygens (including phenoxy) is 1. The lowest BCUT2D eigenvalue weighted by molar-refractivity contribution is -0.130. The van der Waals surface area contributed by atoms with Crippen molar-refractivity contribution in [3.05, 3.63) is 76.8 Å². The van der Waals surface area contributed by atoms with E-state index in [1.165, 1.54) is 16.9 Å². The third-order valence-corrected chi connectivity index (χ3v) is 5.96. The Morgan fingerprint density at radius 1 is 1.14 bits per heavy atom. The number of carbonyl (C=O) groups is 2. The minimum Gasteiger partial charge on any atom is -0.448 e. The summed E-state index contributed by atoms with van der Waals surface area (Å²) in [5, 5.41) is 5.43. The zero-order valence-electron chi connectivity index (χ0n) is 16.1. The van der Waals surface area contributed by atoms with Crippen molar-refractivity contribution in [3.8, 4) is 10.6 Å². The highest BCUT2D eigenvalue weighted by atomic mass is 32.1. The zero-order chi connectivity index (χ0) is 20.2. The molecule has 3 aromatic rings. The maximum Gasteiger partial charge on any atom is 0.358 e. The Morgan fingerprint density at radius 3 is 2.72 bits per heavy atom. The first-order valence-corrected chi connectivity index (χ1v) is 10.6. The summed E-state index contributed by atoms with van der Waals surface area (Å²) in [6.45, 7) is 1.59. The van der Waals surface area contributed by atoms with Crippen LogP contribution in [0.15, 0.2) is 60.0 Å². The molecule has 1 amide bonds. The highest BCUT2D eigenvalue weighted by molar-refractivity contribution is 7.13. The van der Waals surface area contributed by atoms with E-state index in [0.29, 0.717) is 0 Å². The van der Waals surface area contributed by atoms with Crippen LogP contribution in [0.1, 0.15) is 47.4 Å². The second-order valence-electron chi connectivity index (χ2n) is 7.10. The highest BCUT2D eigenvalue weighted by Gasteiger charge is 2.26. The van der Waals surface area contributed by atoms with Crippen molar-refractivity contribution in [2.75, 3.05) is 0 Å². The fraction of sp³-hybridized carbons (Fsp3) is 0.261. The summed E-state index contributed by atoms with van der Waals surface area (Å²) in [4.78, 5) is 29.4. The first kappa shape index (κ1) is 19.3. The van der Waals surface area contributed by atoms with Gasteiger partial charge in [-0.15, -0.1) is 11.3 Å². The summed E-state index contributed by atoms with van der Waals surface area (Å²) in [6.07, 6.45) is 2.05. The van der Waals surface area contributed by atoms with E-state index in [1.54, 1.807) is 12.3 Å². The van der Waals surface area contributed by atoms with Gasteiger partial charge in [-0.2, -0.15) is 0 Å². The Labute approximate surface area is 173 Å². The van der Waals surface area contributed by atoms with E-state index in [-0.39, 0.29) is 17.6 Å². The molecule has 0 unspecified atom stereocenters. The molecule has 29 heavy (non-hydrogen) atoms. The van der Waals surface area contributed by atoms with Crippen LogP contribution in [-0.4, -0.2) is 23.0 Å². The lowest BCUT2D eigenvalue weighted by Gasteiger charge is -2.27. The Hall–Kier alpha value is -2.99. The lowest BCUT2D eigenvalue weighted by Crippen LogP contribution is -2.39. The molecule has 4 rings (SSSR count).